The molecule has 2 aromatic carbocycles. The molecule has 0 unspecified atom stereocenters. The number of hydrogen-bond acceptors (Lipinski definition) is 5. The van der Waals surface area contributed by atoms with E-state index in [0.717, 1.165) is 11.1 Å². The van der Waals surface area contributed by atoms with Crippen molar-refractivity contribution in [2.24, 2.45) is 0 Å². The second-order valence-corrected chi connectivity index (χ2v) is 8.04. The second-order valence-electron chi connectivity index (χ2n) is 7.63. The number of halogens is 1. The zero-order valence-corrected chi connectivity index (χ0v) is 19.2. The van der Waals surface area contributed by atoms with Crippen molar-refractivity contribution in [3.8, 4) is 0 Å². The first-order chi connectivity index (χ1) is 15.7. The quantitative estimate of drug-likeness (QED) is 0.454. The van der Waals surface area contributed by atoms with E-state index in [4.69, 9.17) is 12.2 Å². The molecule has 7 nitrogen and oxygen atoms in total. The summed E-state index contributed by atoms with van der Waals surface area (Å²) >= 11 is 5.45. The maximum Gasteiger partial charge on any atom is 0.335 e. The van der Waals surface area contributed by atoms with Crippen LogP contribution >= 0.6 is 12.2 Å². The molecule has 0 aliphatic heterocycles. The molecule has 0 bridgehead atoms. The number of nitrogens with zero attached hydrogens (tertiary/aromatic N) is 2. The minimum Gasteiger partial charge on any atom is -0.478 e. The molecule has 1 aromatic heterocycles. The molecular formula is C24H23FN4O3S. The third-order valence-corrected chi connectivity index (χ3v) is 5.46. The van der Waals surface area contributed by atoms with Crippen LogP contribution in [0.1, 0.15) is 61.8 Å². The summed E-state index contributed by atoms with van der Waals surface area (Å²) in [4.78, 5) is 32.2. The van der Waals surface area contributed by atoms with E-state index in [-0.39, 0.29) is 29.7 Å². The summed E-state index contributed by atoms with van der Waals surface area (Å²) in [6, 6.07) is 11.0. The highest BCUT2D eigenvalue weighted by Gasteiger charge is 2.15. The molecular weight excluding hydrogens is 443 g/mol. The van der Waals surface area contributed by atoms with Crippen LogP contribution in [0.25, 0.3) is 0 Å². The van der Waals surface area contributed by atoms with Crippen LogP contribution in [-0.2, 0) is 6.54 Å². The summed E-state index contributed by atoms with van der Waals surface area (Å²) < 4.78 is 13.4. The summed E-state index contributed by atoms with van der Waals surface area (Å²) in [6.07, 6.45) is 1.26. The Morgan fingerprint density at radius 1 is 1.06 bits per heavy atom. The van der Waals surface area contributed by atoms with Gasteiger partial charge in [-0.25, -0.2) is 19.2 Å². The minimum atomic E-state index is -0.975. The predicted molar refractivity (Wildman–Crippen MR) is 126 cm³/mol. The highest BCUT2D eigenvalue weighted by atomic mass is 32.1. The summed E-state index contributed by atoms with van der Waals surface area (Å²) in [5.41, 5.74) is 3.57. The van der Waals surface area contributed by atoms with Gasteiger partial charge in [0.15, 0.2) is 0 Å². The Morgan fingerprint density at radius 2 is 1.79 bits per heavy atom. The molecule has 1 amide bonds. The highest BCUT2D eigenvalue weighted by Crippen LogP contribution is 2.18. The van der Waals surface area contributed by atoms with Gasteiger partial charge in [-0.2, -0.15) is 0 Å². The number of rotatable bonds is 7. The van der Waals surface area contributed by atoms with Gasteiger partial charge in [-0.15, -0.1) is 0 Å². The van der Waals surface area contributed by atoms with Crippen LogP contribution in [0.2, 0.25) is 0 Å². The highest BCUT2D eigenvalue weighted by molar-refractivity contribution is 7.80. The van der Waals surface area contributed by atoms with Crippen molar-refractivity contribution in [3.63, 3.8) is 0 Å². The van der Waals surface area contributed by atoms with Crippen molar-refractivity contribution in [1.82, 2.24) is 20.6 Å². The van der Waals surface area contributed by atoms with E-state index in [1.54, 1.807) is 44.2 Å². The molecule has 0 aliphatic rings. The van der Waals surface area contributed by atoms with Crippen LogP contribution < -0.4 is 10.6 Å². The number of hydrogen-bond donors (Lipinski definition) is 3. The van der Waals surface area contributed by atoms with Crippen LogP contribution in [0.5, 0.6) is 0 Å². The van der Waals surface area contributed by atoms with Gasteiger partial charge in [0.1, 0.15) is 28.5 Å². The van der Waals surface area contributed by atoms with E-state index in [2.05, 4.69) is 20.6 Å². The standard InChI is InChI=1S/C24H23FN4O3S/c1-13-9-17(5-6-18(13)24(31)32)15(3)29-23(33)21-10-20(27-12-28-21)22(30)26-11-16-4-7-19(25)14(2)8-16/h4-10,12,15H,11H2,1-3H3,(H,26,30)(H,29,33)(H,31,32)/t15-/m1/s1. The van der Waals surface area contributed by atoms with Crippen LogP contribution in [-0.4, -0.2) is 31.9 Å². The average Bonchev–Trinajstić information content (AvgIpc) is 2.79. The molecule has 0 radical (unpaired) electrons. The molecule has 0 spiro atoms. The topological polar surface area (TPSA) is 104 Å². The molecule has 0 saturated heterocycles. The molecule has 1 atom stereocenters. The lowest BCUT2D eigenvalue weighted by atomic mass is 10.0. The monoisotopic (exact) mass is 466 g/mol. The minimum absolute atomic E-state index is 0.150. The van der Waals surface area contributed by atoms with Gasteiger partial charge in [-0.3, -0.25) is 4.79 Å². The van der Waals surface area contributed by atoms with Crippen LogP contribution in [0.3, 0.4) is 0 Å². The van der Waals surface area contributed by atoms with Crippen LogP contribution in [0.4, 0.5) is 4.39 Å². The van der Waals surface area contributed by atoms with Crippen molar-refractivity contribution in [3.05, 3.63) is 93.8 Å². The zero-order valence-electron chi connectivity index (χ0n) is 18.3. The molecule has 33 heavy (non-hydrogen) atoms. The van der Waals surface area contributed by atoms with E-state index in [1.165, 1.54) is 18.5 Å². The number of carboxylic acids is 1. The number of amides is 1. The summed E-state index contributed by atoms with van der Waals surface area (Å²) in [5, 5.41) is 15.1. The lowest BCUT2D eigenvalue weighted by Gasteiger charge is -2.17. The van der Waals surface area contributed by atoms with Crippen molar-refractivity contribution in [2.45, 2.75) is 33.4 Å². The maximum atomic E-state index is 13.4. The maximum absolute atomic E-state index is 13.4. The number of aryl methyl sites for hydroxylation is 2. The number of carbonyl (C=O) groups is 2. The molecule has 0 aliphatic carbocycles. The fourth-order valence-corrected chi connectivity index (χ4v) is 3.53. The number of benzene rings is 2. The molecule has 9 heteroatoms. The van der Waals surface area contributed by atoms with Crippen molar-refractivity contribution in [1.29, 1.82) is 0 Å². The van der Waals surface area contributed by atoms with Crippen LogP contribution in [0.15, 0.2) is 48.8 Å². The summed E-state index contributed by atoms with van der Waals surface area (Å²) in [6.45, 7) is 5.51. The van der Waals surface area contributed by atoms with E-state index >= 15 is 0 Å². The number of aromatic carboxylic acids is 1. The average molecular weight is 467 g/mol. The second kappa shape index (κ2) is 10.3. The Bertz CT molecular complexity index is 1230. The third kappa shape index (κ3) is 5.95. The van der Waals surface area contributed by atoms with Gasteiger partial charge in [0.2, 0.25) is 0 Å². The Balaban J connectivity index is 1.66. The van der Waals surface area contributed by atoms with Crippen molar-refractivity contribution in [2.75, 3.05) is 0 Å². The fraction of sp³-hybridized carbons (Fsp3) is 0.208. The van der Waals surface area contributed by atoms with Crippen LogP contribution in [0, 0.1) is 19.7 Å². The molecule has 170 valence electrons. The van der Waals surface area contributed by atoms with Crippen molar-refractivity contribution >= 4 is 29.1 Å². The molecule has 3 N–H and O–H groups in total. The molecule has 3 rings (SSSR count). The first-order valence-electron chi connectivity index (χ1n) is 10.2. The Morgan fingerprint density at radius 3 is 2.45 bits per heavy atom. The van der Waals surface area contributed by atoms with Gasteiger partial charge in [-0.05, 0) is 61.2 Å². The van der Waals surface area contributed by atoms with E-state index in [1.807, 2.05) is 6.92 Å². The zero-order chi connectivity index (χ0) is 24.1. The van der Waals surface area contributed by atoms with Crippen molar-refractivity contribution < 1.29 is 19.1 Å². The number of carboxylic acid groups (broad SMARTS) is 1. The number of nitrogens with one attached hydrogen (secondary N) is 2. The lowest BCUT2D eigenvalue weighted by Crippen LogP contribution is -2.28. The molecule has 0 fully saturated rings. The van der Waals surface area contributed by atoms with Gasteiger partial charge < -0.3 is 15.7 Å². The number of carbonyl (C=O) groups excluding carboxylic acids is 1. The van der Waals surface area contributed by atoms with E-state index in [0.29, 0.717) is 21.8 Å². The first-order valence-corrected chi connectivity index (χ1v) is 10.6. The SMILES string of the molecule is Cc1cc(CNC(=O)c2cc(C(=S)N[C@H](C)c3ccc(C(=O)O)c(C)c3)ncn2)ccc1F. The third-order valence-electron chi connectivity index (χ3n) is 5.14. The predicted octanol–water partition coefficient (Wildman–Crippen LogP) is 3.89. The van der Waals surface area contributed by atoms with Gasteiger partial charge in [0.25, 0.3) is 5.91 Å². The van der Waals surface area contributed by atoms with E-state index < -0.39 is 11.9 Å². The Hall–Kier alpha value is -3.72. The summed E-state index contributed by atoms with van der Waals surface area (Å²) in [5.74, 6) is -1.68. The van der Waals surface area contributed by atoms with Gasteiger partial charge >= 0.3 is 5.97 Å². The molecule has 1 heterocycles. The molecule has 0 saturated carbocycles. The first kappa shape index (κ1) is 23.9. The number of thiocarbonyl (C=S) groups is 1. The largest absolute Gasteiger partial charge is 0.478 e. The fourth-order valence-electron chi connectivity index (χ4n) is 3.25. The lowest BCUT2D eigenvalue weighted by molar-refractivity contribution is 0.0695. The summed E-state index contributed by atoms with van der Waals surface area (Å²) in [7, 11) is 0. The van der Waals surface area contributed by atoms with E-state index in [9.17, 15) is 19.1 Å². The Kier molecular flexibility index (Phi) is 7.44. The normalized spacial score (nSPS) is 11.5. The Labute approximate surface area is 196 Å². The van der Waals surface area contributed by atoms with Gasteiger partial charge in [-0.1, -0.05) is 36.5 Å². The molecule has 3 aromatic rings. The smallest absolute Gasteiger partial charge is 0.335 e. The van der Waals surface area contributed by atoms with Gasteiger partial charge in [0.05, 0.1) is 5.56 Å². The van der Waals surface area contributed by atoms with Gasteiger partial charge in [0, 0.05) is 12.6 Å². The number of aromatic nitrogens is 2.